The van der Waals surface area contributed by atoms with Crippen LogP contribution in [0.15, 0.2) is 60.7 Å². The summed E-state index contributed by atoms with van der Waals surface area (Å²) in [6, 6.07) is 17.4. The van der Waals surface area contributed by atoms with Crippen LogP contribution in [0.1, 0.15) is 105 Å². The van der Waals surface area contributed by atoms with Gasteiger partial charge in [-0.05, 0) is 65.5 Å². The molecule has 0 aliphatic carbocycles. The molecule has 0 aliphatic rings. The van der Waals surface area contributed by atoms with Crippen molar-refractivity contribution in [3.8, 4) is 0 Å². The number of carbonyl (C=O) groups is 6. The van der Waals surface area contributed by atoms with Crippen LogP contribution in [0.5, 0.6) is 0 Å². The summed E-state index contributed by atoms with van der Waals surface area (Å²) in [7, 11) is 0. The highest BCUT2D eigenvalue weighted by molar-refractivity contribution is 5.99. The molecule has 0 aromatic heterocycles. The topological polar surface area (TPSA) is 197 Å². The maximum atomic E-state index is 14.3. The molecular weight excluding hydrogens is 688 g/mol. The Kier molecular flexibility index (Phi) is 16.6. The smallest absolute Gasteiger partial charge is 0.409 e. The number of hydrogen-bond acceptors (Lipinski definition) is 11. The number of nitrogens with one attached hydrogen (secondary N) is 4. The van der Waals surface area contributed by atoms with E-state index in [2.05, 4.69) is 21.3 Å². The Balaban J connectivity index is 2.56. The third-order valence-corrected chi connectivity index (χ3v) is 7.18. The van der Waals surface area contributed by atoms with Gasteiger partial charge in [-0.2, -0.15) is 0 Å². The predicted octanol–water partition coefficient (Wildman–Crippen LogP) is 6.73. The molecule has 0 bridgehead atoms. The average Bonchev–Trinajstić information content (AvgIpc) is 3.06. The van der Waals surface area contributed by atoms with Crippen LogP contribution in [0.3, 0.4) is 0 Å². The lowest BCUT2D eigenvalue weighted by molar-refractivity contribution is -0.171. The fraction of sp³-hybridized carbons (Fsp3) is 0.526. The largest absolute Gasteiger partial charge is 0.445 e. The zero-order valence-corrected chi connectivity index (χ0v) is 31.9. The fourth-order valence-corrected chi connectivity index (χ4v) is 4.69. The number of esters is 2. The van der Waals surface area contributed by atoms with Gasteiger partial charge < -0.3 is 23.7 Å². The van der Waals surface area contributed by atoms with Crippen LogP contribution in [0.4, 0.5) is 19.2 Å². The number of benzene rings is 2. The summed E-state index contributed by atoms with van der Waals surface area (Å²) in [6.45, 7) is 12.8. The second kappa shape index (κ2) is 20.0. The molecule has 2 atom stereocenters. The van der Waals surface area contributed by atoms with Crippen molar-refractivity contribution in [2.75, 3.05) is 0 Å². The minimum Gasteiger partial charge on any atom is -0.445 e. The first kappa shape index (κ1) is 43.8. The summed E-state index contributed by atoms with van der Waals surface area (Å²) in [5.41, 5.74) is -5.61. The molecule has 4 N–H and O–H groups in total. The van der Waals surface area contributed by atoms with E-state index >= 15 is 0 Å². The monoisotopic (exact) mass is 742 g/mol. The Morgan fingerprint density at radius 2 is 0.830 bits per heavy atom. The summed E-state index contributed by atoms with van der Waals surface area (Å²) in [5.74, 6) is -2.91. The van der Waals surface area contributed by atoms with Crippen LogP contribution >= 0.6 is 0 Å². The molecule has 0 saturated carbocycles. The van der Waals surface area contributed by atoms with Gasteiger partial charge in [0.1, 0.15) is 24.4 Å². The van der Waals surface area contributed by atoms with Crippen molar-refractivity contribution in [3.05, 3.63) is 71.8 Å². The molecule has 2 aromatic rings. The first-order valence-corrected chi connectivity index (χ1v) is 17.6. The van der Waals surface area contributed by atoms with Gasteiger partial charge in [0.25, 0.3) is 0 Å². The molecule has 15 nitrogen and oxygen atoms in total. The molecule has 2 rings (SSSR count). The van der Waals surface area contributed by atoms with Crippen molar-refractivity contribution in [1.29, 1.82) is 0 Å². The summed E-state index contributed by atoms with van der Waals surface area (Å²) in [6.07, 6.45) is -3.61. The normalized spacial score (nSPS) is 13.5. The lowest BCUT2D eigenvalue weighted by Crippen LogP contribution is -2.70. The van der Waals surface area contributed by atoms with Gasteiger partial charge in [-0.3, -0.25) is 21.3 Å². The Hall–Kier alpha value is -5.34. The number of rotatable bonds is 16. The van der Waals surface area contributed by atoms with Crippen LogP contribution in [-0.2, 0) is 46.5 Å². The highest BCUT2D eigenvalue weighted by atomic mass is 16.6. The summed E-state index contributed by atoms with van der Waals surface area (Å²) < 4.78 is 26.9. The van der Waals surface area contributed by atoms with E-state index in [1.165, 1.54) is 0 Å². The maximum Gasteiger partial charge on any atom is 0.409 e. The van der Waals surface area contributed by atoms with Crippen molar-refractivity contribution >= 4 is 36.3 Å². The van der Waals surface area contributed by atoms with Gasteiger partial charge in [-0.1, -0.05) is 87.4 Å². The molecule has 292 valence electrons. The predicted molar refractivity (Wildman–Crippen MR) is 194 cm³/mol. The van der Waals surface area contributed by atoms with Gasteiger partial charge in [0.2, 0.25) is 11.3 Å². The lowest BCUT2D eigenvalue weighted by Gasteiger charge is -2.36. The second-order valence-electron chi connectivity index (χ2n) is 14.3. The second-order valence-corrected chi connectivity index (χ2v) is 14.3. The lowest BCUT2D eigenvalue weighted by atomic mass is 10.0. The number of alkyl carbamates (subject to hydrolysis) is 4. The van der Waals surface area contributed by atoms with E-state index < -0.39 is 58.8 Å². The van der Waals surface area contributed by atoms with Crippen molar-refractivity contribution in [3.63, 3.8) is 0 Å². The van der Waals surface area contributed by atoms with Crippen LogP contribution in [0.2, 0.25) is 0 Å². The first-order chi connectivity index (χ1) is 24.8. The molecule has 0 radical (unpaired) electrons. The minimum absolute atomic E-state index is 0.189. The third-order valence-electron chi connectivity index (χ3n) is 7.18. The average molecular weight is 743 g/mol. The van der Waals surface area contributed by atoms with Crippen molar-refractivity contribution in [1.82, 2.24) is 21.3 Å². The fourth-order valence-electron chi connectivity index (χ4n) is 4.69. The van der Waals surface area contributed by atoms with Crippen molar-refractivity contribution in [2.45, 2.75) is 130 Å². The molecule has 0 heterocycles. The summed E-state index contributed by atoms with van der Waals surface area (Å²) in [5, 5.41) is 9.51. The van der Waals surface area contributed by atoms with Gasteiger partial charge in [0, 0.05) is 12.8 Å². The minimum atomic E-state index is -2.42. The summed E-state index contributed by atoms with van der Waals surface area (Å²) in [4.78, 5) is 81.3. The number of amides is 4. The Morgan fingerprint density at radius 3 is 1.13 bits per heavy atom. The SMILES string of the molecule is CCCCC(NC(=O)OCc1ccccc1)(NC(=O)OC(C)(C)C)C(=O)OC(=O)C(CCCC)(NC(=O)OCc1ccccc1)NC(=O)OC(C)(C)C. The maximum absolute atomic E-state index is 14.3. The molecular formula is C38H54N4O11. The standard InChI is InChI=1S/C38H54N4O11/c1-9-11-23-37(41-33(47)52-35(3,4)5,39-31(45)49-25-27-19-15-13-16-20-27)29(43)51-30(44)38(24-12-10-2,42-34(48)53-36(6,7)8)40-32(46)50-26-28-21-17-14-18-22-28/h13-22H,9-12,23-26H2,1-8H3,(H,39,45)(H,40,46)(H,41,47)(H,42,48). The molecule has 53 heavy (non-hydrogen) atoms. The van der Waals surface area contributed by atoms with Gasteiger partial charge in [-0.15, -0.1) is 0 Å². The van der Waals surface area contributed by atoms with Crippen LogP contribution in [-0.4, -0.2) is 58.8 Å². The number of hydrogen-bond donors (Lipinski definition) is 4. The quantitative estimate of drug-likeness (QED) is 0.0616. The number of carbonyl (C=O) groups excluding carboxylic acids is 6. The molecule has 2 unspecified atom stereocenters. The number of ether oxygens (including phenoxy) is 5. The Bertz CT molecular complexity index is 1410. The van der Waals surface area contributed by atoms with Gasteiger partial charge >= 0.3 is 36.3 Å². The van der Waals surface area contributed by atoms with Gasteiger partial charge in [-0.25, -0.2) is 28.8 Å². The molecule has 2 aromatic carbocycles. The van der Waals surface area contributed by atoms with Gasteiger partial charge in [0.15, 0.2) is 0 Å². The number of unbranched alkanes of at least 4 members (excludes halogenated alkanes) is 2. The van der Waals surface area contributed by atoms with Crippen molar-refractivity contribution in [2.24, 2.45) is 0 Å². The van der Waals surface area contributed by atoms with E-state index in [0.717, 1.165) is 0 Å². The van der Waals surface area contributed by atoms with Gasteiger partial charge in [0.05, 0.1) is 0 Å². The zero-order valence-electron chi connectivity index (χ0n) is 31.9. The highest BCUT2D eigenvalue weighted by Crippen LogP contribution is 2.22. The molecule has 0 aliphatic heterocycles. The van der Waals surface area contributed by atoms with E-state index in [-0.39, 0.29) is 38.9 Å². The van der Waals surface area contributed by atoms with E-state index in [1.807, 2.05) is 0 Å². The van der Waals surface area contributed by atoms with Crippen LogP contribution < -0.4 is 21.3 Å². The molecule has 0 spiro atoms. The first-order valence-electron chi connectivity index (χ1n) is 17.6. The van der Waals surface area contributed by atoms with Crippen molar-refractivity contribution < 1.29 is 52.5 Å². The molecule has 0 saturated heterocycles. The van der Waals surface area contributed by atoms with Crippen LogP contribution in [0.25, 0.3) is 0 Å². The Labute approximate surface area is 311 Å². The zero-order chi connectivity index (χ0) is 39.7. The van der Waals surface area contributed by atoms with E-state index in [9.17, 15) is 28.8 Å². The van der Waals surface area contributed by atoms with E-state index in [0.29, 0.717) is 24.0 Å². The third kappa shape index (κ3) is 15.8. The van der Waals surface area contributed by atoms with Crippen LogP contribution in [0, 0.1) is 0 Å². The Morgan fingerprint density at radius 1 is 0.509 bits per heavy atom. The molecule has 4 amide bonds. The molecule has 15 heteroatoms. The molecule has 0 fully saturated rings. The van der Waals surface area contributed by atoms with E-state index in [4.69, 9.17) is 23.7 Å². The van der Waals surface area contributed by atoms with E-state index in [1.54, 1.807) is 116 Å². The highest BCUT2D eigenvalue weighted by Gasteiger charge is 2.50. The summed E-state index contributed by atoms with van der Waals surface area (Å²) >= 11 is 0.